The number of amides is 1. The normalized spacial score (nSPS) is 11.4. The molecule has 0 aliphatic carbocycles. The number of hydrogen-bond acceptors (Lipinski definition) is 4. The Balaban J connectivity index is 0.00000441. The van der Waals surface area contributed by atoms with Crippen LogP contribution in [-0.2, 0) is 4.74 Å². The predicted molar refractivity (Wildman–Crippen MR) is 90.9 cm³/mol. The molecule has 0 heterocycles. The molecule has 0 radical (unpaired) electrons. The van der Waals surface area contributed by atoms with Crippen LogP contribution in [-0.4, -0.2) is 38.8 Å². The molecule has 3 N–H and O–H groups in total. The zero-order valence-corrected chi connectivity index (χ0v) is 14.2. The van der Waals surface area contributed by atoms with Gasteiger partial charge in [-0.05, 0) is 18.6 Å². The molecule has 0 aliphatic rings. The summed E-state index contributed by atoms with van der Waals surface area (Å²) < 4.78 is 10.5. The zero-order valence-electron chi connectivity index (χ0n) is 13.3. The van der Waals surface area contributed by atoms with Gasteiger partial charge in [0.2, 0.25) is 0 Å². The molecule has 5 nitrogen and oxygen atoms in total. The zero-order chi connectivity index (χ0) is 15.5. The summed E-state index contributed by atoms with van der Waals surface area (Å²) in [4.78, 5) is 12.4. The molecule has 1 amide bonds. The van der Waals surface area contributed by atoms with Gasteiger partial charge in [-0.1, -0.05) is 31.9 Å². The maximum atomic E-state index is 12.4. The summed E-state index contributed by atoms with van der Waals surface area (Å²) in [5.41, 5.74) is 6.24. The Hall–Kier alpha value is -1.30. The van der Waals surface area contributed by atoms with Gasteiger partial charge >= 0.3 is 0 Å². The van der Waals surface area contributed by atoms with Crippen LogP contribution < -0.4 is 15.8 Å². The number of benzene rings is 1. The molecule has 0 saturated carbocycles. The average Bonchev–Trinajstić information content (AvgIpc) is 2.52. The van der Waals surface area contributed by atoms with E-state index >= 15 is 0 Å². The minimum atomic E-state index is -0.144. The van der Waals surface area contributed by atoms with Crippen molar-refractivity contribution in [3.8, 4) is 5.75 Å². The van der Waals surface area contributed by atoms with Gasteiger partial charge in [-0.15, -0.1) is 12.4 Å². The van der Waals surface area contributed by atoms with Crippen molar-refractivity contribution in [2.75, 3.05) is 26.9 Å². The highest BCUT2D eigenvalue weighted by molar-refractivity contribution is 5.97. The number of carbonyl (C=O) groups is 1. The number of ether oxygens (including phenoxy) is 2. The molecule has 0 spiro atoms. The topological polar surface area (TPSA) is 73.6 Å². The standard InChI is InChI=1S/C16H26N2O3.ClH/c1-3-4-7-13(12-17)18-16(19)14-8-5-6-9-15(14)21-11-10-20-2;/h5-6,8-9,13H,3-4,7,10-12,17H2,1-2H3,(H,18,19);1H. The second-order valence-electron chi connectivity index (χ2n) is 4.89. The highest BCUT2D eigenvalue weighted by Crippen LogP contribution is 2.18. The van der Waals surface area contributed by atoms with Crippen LogP contribution in [0.15, 0.2) is 24.3 Å². The van der Waals surface area contributed by atoms with Crippen molar-refractivity contribution in [2.45, 2.75) is 32.2 Å². The summed E-state index contributed by atoms with van der Waals surface area (Å²) in [7, 11) is 1.61. The van der Waals surface area contributed by atoms with E-state index in [0.29, 0.717) is 31.1 Å². The Bertz CT molecular complexity index is 430. The van der Waals surface area contributed by atoms with E-state index in [-0.39, 0.29) is 24.4 Å². The molecule has 1 atom stereocenters. The maximum Gasteiger partial charge on any atom is 0.255 e. The molecular weight excluding hydrogens is 304 g/mol. The first-order valence-corrected chi connectivity index (χ1v) is 7.44. The van der Waals surface area contributed by atoms with Crippen LogP contribution in [0.4, 0.5) is 0 Å². The molecule has 1 aromatic carbocycles. The molecule has 126 valence electrons. The van der Waals surface area contributed by atoms with Crippen LogP contribution in [0.25, 0.3) is 0 Å². The number of para-hydroxylation sites is 1. The van der Waals surface area contributed by atoms with Gasteiger partial charge in [0, 0.05) is 19.7 Å². The van der Waals surface area contributed by atoms with Crippen molar-refractivity contribution in [3.63, 3.8) is 0 Å². The van der Waals surface area contributed by atoms with Crippen molar-refractivity contribution < 1.29 is 14.3 Å². The lowest BCUT2D eigenvalue weighted by molar-refractivity contribution is 0.0928. The van der Waals surface area contributed by atoms with E-state index in [2.05, 4.69) is 12.2 Å². The van der Waals surface area contributed by atoms with Crippen LogP contribution >= 0.6 is 12.4 Å². The maximum absolute atomic E-state index is 12.4. The van der Waals surface area contributed by atoms with Gasteiger partial charge in [-0.3, -0.25) is 4.79 Å². The molecule has 1 unspecified atom stereocenters. The molecule has 6 heteroatoms. The van der Waals surface area contributed by atoms with E-state index in [9.17, 15) is 4.79 Å². The summed E-state index contributed by atoms with van der Waals surface area (Å²) in [5.74, 6) is 0.424. The first-order chi connectivity index (χ1) is 10.2. The highest BCUT2D eigenvalue weighted by atomic mass is 35.5. The van der Waals surface area contributed by atoms with Crippen molar-refractivity contribution in [3.05, 3.63) is 29.8 Å². The Morgan fingerprint density at radius 2 is 2.05 bits per heavy atom. The van der Waals surface area contributed by atoms with E-state index in [1.807, 2.05) is 12.1 Å². The summed E-state index contributed by atoms with van der Waals surface area (Å²) in [6.07, 6.45) is 3.03. The Kier molecular flexibility index (Phi) is 11.5. The van der Waals surface area contributed by atoms with Crippen molar-refractivity contribution in [2.24, 2.45) is 5.73 Å². The quantitative estimate of drug-likeness (QED) is 0.646. The SMILES string of the molecule is CCCCC(CN)NC(=O)c1ccccc1OCCOC.Cl. The van der Waals surface area contributed by atoms with E-state index < -0.39 is 0 Å². The Morgan fingerprint density at radius 3 is 2.68 bits per heavy atom. The molecule has 1 aromatic rings. The first kappa shape index (κ1) is 20.7. The number of carbonyl (C=O) groups excluding carboxylic acids is 1. The number of nitrogens with two attached hydrogens (primary N) is 1. The van der Waals surface area contributed by atoms with Gasteiger partial charge < -0.3 is 20.5 Å². The van der Waals surface area contributed by atoms with Crippen molar-refractivity contribution >= 4 is 18.3 Å². The van der Waals surface area contributed by atoms with Gasteiger partial charge in [0.15, 0.2) is 0 Å². The third-order valence-corrected chi connectivity index (χ3v) is 3.20. The second-order valence-corrected chi connectivity index (χ2v) is 4.89. The van der Waals surface area contributed by atoms with Crippen LogP contribution in [0.2, 0.25) is 0 Å². The summed E-state index contributed by atoms with van der Waals surface area (Å²) >= 11 is 0. The van der Waals surface area contributed by atoms with Crippen molar-refractivity contribution in [1.29, 1.82) is 0 Å². The largest absolute Gasteiger partial charge is 0.490 e. The first-order valence-electron chi connectivity index (χ1n) is 7.44. The smallest absolute Gasteiger partial charge is 0.255 e. The van der Waals surface area contributed by atoms with Crippen LogP contribution in [0.3, 0.4) is 0 Å². The summed E-state index contributed by atoms with van der Waals surface area (Å²) in [6.45, 7) is 3.46. The lowest BCUT2D eigenvalue weighted by Gasteiger charge is -2.18. The minimum Gasteiger partial charge on any atom is -0.490 e. The molecule has 0 fully saturated rings. The lowest BCUT2D eigenvalue weighted by Crippen LogP contribution is -2.40. The van der Waals surface area contributed by atoms with Gasteiger partial charge in [-0.2, -0.15) is 0 Å². The highest BCUT2D eigenvalue weighted by Gasteiger charge is 2.15. The number of rotatable bonds is 10. The summed E-state index contributed by atoms with van der Waals surface area (Å²) in [6, 6.07) is 7.21. The van der Waals surface area contributed by atoms with Crippen molar-refractivity contribution in [1.82, 2.24) is 5.32 Å². The molecule has 1 rings (SSSR count). The molecule has 0 saturated heterocycles. The molecule has 0 aliphatic heterocycles. The third kappa shape index (κ3) is 7.11. The van der Waals surface area contributed by atoms with E-state index in [1.165, 1.54) is 0 Å². The summed E-state index contributed by atoms with van der Waals surface area (Å²) in [5, 5.41) is 2.97. The fraction of sp³-hybridized carbons (Fsp3) is 0.562. The Morgan fingerprint density at radius 1 is 1.32 bits per heavy atom. The molecule has 0 aromatic heterocycles. The van der Waals surface area contributed by atoms with Crippen LogP contribution in [0.1, 0.15) is 36.5 Å². The number of methoxy groups -OCH3 is 1. The molecule has 22 heavy (non-hydrogen) atoms. The van der Waals surface area contributed by atoms with Gasteiger partial charge in [0.05, 0.1) is 12.2 Å². The Labute approximate surface area is 139 Å². The third-order valence-electron chi connectivity index (χ3n) is 3.20. The van der Waals surface area contributed by atoms with Gasteiger partial charge in [0.1, 0.15) is 12.4 Å². The second kappa shape index (κ2) is 12.3. The van der Waals surface area contributed by atoms with E-state index in [0.717, 1.165) is 19.3 Å². The lowest BCUT2D eigenvalue weighted by atomic mass is 10.1. The van der Waals surface area contributed by atoms with Gasteiger partial charge in [0.25, 0.3) is 5.91 Å². The van der Waals surface area contributed by atoms with E-state index in [1.54, 1.807) is 19.2 Å². The predicted octanol–water partition coefficient (Wildman–Crippen LogP) is 2.38. The minimum absolute atomic E-state index is 0. The molecular formula is C16H27ClN2O3. The van der Waals surface area contributed by atoms with Crippen LogP contribution in [0, 0.1) is 0 Å². The van der Waals surface area contributed by atoms with Crippen LogP contribution in [0.5, 0.6) is 5.75 Å². The van der Waals surface area contributed by atoms with Gasteiger partial charge in [-0.25, -0.2) is 0 Å². The average molecular weight is 331 g/mol. The monoisotopic (exact) mass is 330 g/mol. The fourth-order valence-corrected chi connectivity index (χ4v) is 1.98. The number of nitrogens with one attached hydrogen (secondary N) is 1. The number of halogens is 1. The molecule has 0 bridgehead atoms. The number of unbranched alkanes of at least 4 members (excludes halogenated alkanes) is 1. The number of hydrogen-bond donors (Lipinski definition) is 2. The fourth-order valence-electron chi connectivity index (χ4n) is 1.98. The van der Waals surface area contributed by atoms with E-state index in [4.69, 9.17) is 15.2 Å².